The van der Waals surface area contributed by atoms with E-state index < -0.39 is 6.10 Å². The molecule has 0 saturated carbocycles. The molecule has 0 bridgehead atoms. The van der Waals surface area contributed by atoms with Crippen LogP contribution in [0, 0.1) is 0 Å². The molecule has 1 aliphatic rings. The highest BCUT2D eigenvalue weighted by Gasteiger charge is 2.23. The standard InChI is InChI=1S/C15H20N4O2/c20-15(13-4-2-1-3-5-13)10-18-6-7-21-14(8-18)9-19-12-16-11-17-19/h1-5,11-12,14-15,20H,6-10H2. The fraction of sp³-hybridized carbons (Fsp3) is 0.467. The minimum atomic E-state index is -0.462. The average molecular weight is 288 g/mol. The number of nitrogens with zero attached hydrogens (tertiary/aromatic N) is 4. The summed E-state index contributed by atoms with van der Waals surface area (Å²) in [6, 6.07) is 9.77. The number of aliphatic hydroxyl groups excluding tert-OH is 1. The summed E-state index contributed by atoms with van der Waals surface area (Å²) < 4.78 is 7.54. The molecule has 2 atom stereocenters. The predicted octanol–water partition coefficient (Wildman–Crippen LogP) is 0.712. The van der Waals surface area contributed by atoms with Crippen molar-refractivity contribution >= 4 is 0 Å². The Morgan fingerprint density at radius 1 is 1.33 bits per heavy atom. The number of aliphatic hydroxyl groups is 1. The van der Waals surface area contributed by atoms with E-state index >= 15 is 0 Å². The van der Waals surface area contributed by atoms with E-state index in [-0.39, 0.29) is 6.10 Å². The average Bonchev–Trinajstić information content (AvgIpc) is 3.01. The maximum atomic E-state index is 10.3. The smallest absolute Gasteiger partial charge is 0.137 e. The molecule has 1 fully saturated rings. The van der Waals surface area contributed by atoms with E-state index in [2.05, 4.69) is 15.0 Å². The fourth-order valence-electron chi connectivity index (χ4n) is 2.62. The molecule has 1 aliphatic heterocycles. The molecule has 6 heteroatoms. The molecule has 1 saturated heterocycles. The minimum Gasteiger partial charge on any atom is -0.387 e. The van der Waals surface area contributed by atoms with E-state index in [1.807, 2.05) is 30.3 Å². The highest BCUT2D eigenvalue weighted by molar-refractivity contribution is 5.17. The second kappa shape index (κ2) is 6.80. The van der Waals surface area contributed by atoms with Gasteiger partial charge in [-0.15, -0.1) is 0 Å². The molecular weight excluding hydrogens is 268 g/mol. The Kier molecular flexibility index (Phi) is 4.59. The van der Waals surface area contributed by atoms with Gasteiger partial charge < -0.3 is 9.84 Å². The number of benzene rings is 1. The Bertz CT molecular complexity index is 532. The zero-order chi connectivity index (χ0) is 14.5. The third-order valence-corrected chi connectivity index (χ3v) is 3.70. The summed E-state index contributed by atoms with van der Waals surface area (Å²) in [6.45, 7) is 3.64. The van der Waals surface area contributed by atoms with Crippen LogP contribution >= 0.6 is 0 Å². The maximum Gasteiger partial charge on any atom is 0.137 e. The van der Waals surface area contributed by atoms with Gasteiger partial charge in [0.1, 0.15) is 12.7 Å². The quantitative estimate of drug-likeness (QED) is 0.878. The van der Waals surface area contributed by atoms with Gasteiger partial charge in [-0.1, -0.05) is 30.3 Å². The van der Waals surface area contributed by atoms with Gasteiger partial charge in [0.2, 0.25) is 0 Å². The molecule has 1 aromatic carbocycles. The first kappa shape index (κ1) is 14.2. The van der Waals surface area contributed by atoms with E-state index in [1.165, 1.54) is 6.33 Å². The molecule has 3 rings (SSSR count). The Hall–Kier alpha value is -1.76. The largest absolute Gasteiger partial charge is 0.387 e. The van der Waals surface area contributed by atoms with Gasteiger partial charge >= 0.3 is 0 Å². The lowest BCUT2D eigenvalue weighted by atomic mass is 10.1. The Labute approximate surface area is 124 Å². The zero-order valence-corrected chi connectivity index (χ0v) is 11.9. The molecule has 21 heavy (non-hydrogen) atoms. The van der Waals surface area contributed by atoms with Crippen LogP contribution in [0.15, 0.2) is 43.0 Å². The molecule has 0 radical (unpaired) electrons. The summed E-state index contributed by atoms with van der Waals surface area (Å²) >= 11 is 0. The molecule has 0 aliphatic carbocycles. The maximum absolute atomic E-state index is 10.3. The summed E-state index contributed by atoms with van der Waals surface area (Å²) in [7, 11) is 0. The molecule has 1 aromatic heterocycles. The van der Waals surface area contributed by atoms with Gasteiger partial charge in [-0.25, -0.2) is 4.98 Å². The summed E-state index contributed by atoms with van der Waals surface area (Å²) in [5.74, 6) is 0. The lowest BCUT2D eigenvalue weighted by molar-refractivity contribution is -0.0486. The number of hydrogen-bond donors (Lipinski definition) is 1. The molecular formula is C15H20N4O2. The number of aromatic nitrogens is 3. The van der Waals surface area contributed by atoms with Crippen molar-refractivity contribution in [1.29, 1.82) is 0 Å². The topological polar surface area (TPSA) is 63.4 Å². The first-order valence-electron chi connectivity index (χ1n) is 7.20. The van der Waals surface area contributed by atoms with Crippen molar-refractivity contribution in [3.63, 3.8) is 0 Å². The van der Waals surface area contributed by atoms with Crippen LogP contribution in [0.2, 0.25) is 0 Å². The van der Waals surface area contributed by atoms with Crippen molar-refractivity contribution in [2.45, 2.75) is 18.8 Å². The first-order valence-corrected chi connectivity index (χ1v) is 7.20. The van der Waals surface area contributed by atoms with Crippen LogP contribution in [-0.4, -0.2) is 57.1 Å². The first-order chi connectivity index (χ1) is 10.3. The summed E-state index contributed by atoms with van der Waals surface area (Å²) in [5.41, 5.74) is 0.955. The number of β-amino-alcohol motifs (C(OH)–C–C–N with tert-alkyl or cyclic N) is 1. The van der Waals surface area contributed by atoms with Gasteiger partial charge in [-0.05, 0) is 5.56 Å². The van der Waals surface area contributed by atoms with Crippen LogP contribution in [0.5, 0.6) is 0 Å². The highest BCUT2D eigenvalue weighted by Crippen LogP contribution is 2.16. The van der Waals surface area contributed by atoms with Crippen molar-refractivity contribution in [1.82, 2.24) is 19.7 Å². The molecule has 112 valence electrons. The second-order valence-corrected chi connectivity index (χ2v) is 5.30. The second-order valence-electron chi connectivity index (χ2n) is 5.30. The van der Waals surface area contributed by atoms with Crippen molar-refractivity contribution in [2.75, 3.05) is 26.2 Å². The van der Waals surface area contributed by atoms with Gasteiger partial charge in [-0.3, -0.25) is 9.58 Å². The van der Waals surface area contributed by atoms with Gasteiger partial charge in [0.05, 0.1) is 25.4 Å². The molecule has 6 nitrogen and oxygen atoms in total. The normalized spacial score (nSPS) is 21.3. The van der Waals surface area contributed by atoms with E-state index in [1.54, 1.807) is 11.0 Å². The summed E-state index contributed by atoms with van der Waals surface area (Å²) in [4.78, 5) is 6.18. The molecule has 0 spiro atoms. The van der Waals surface area contributed by atoms with Gasteiger partial charge in [0, 0.05) is 19.6 Å². The number of rotatable bonds is 5. The highest BCUT2D eigenvalue weighted by atomic mass is 16.5. The number of morpholine rings is 1. The van der Waals surface area contributed by atoms with Crippen molar-refractivity contribution in [3.05, 3.63) is 48.5 Å². The summed E-state index contributed by atoms with van der Waals surface area (Å²) in [6.07, 6.45) is 2.85. The zero-order valence-electron chi connectivity index (χ0n) is 11.9. The van der Waals surface area contributed by atoms with Gasteiger partial charge in [0.25, 0.3) is 0 Å². The number of hydrogen-bond acceptors (Lipinski definition) is 5. The molecule has 2 unspecified atom stereocenters. The van der Waals surface area contributed by atoms with E-state index in [4.69, 9.17) is 4.74 Å². The summed E-state index contributed by atoms with van der Waals surface area (Å²) in [5, 5.41) is 14.4. The molecule has 1 N–H and O–H groups in total. The molecule has 0 amide bonds. The van der Waals surface area contributed by atoms with E-state index in [0.717, 1.165) is 18.7 Å². The Morgan fingerprint density at radius 2 is 2.19 bits per heavy atom. The minimum absolute atomic E-state index is 0.0865. The van der Waals surface area contributed by atoms with E-state index in [9.17, 15) is 5.11 Å². The van der Waals surface area contributed by atoms with Crippen molar-refractivity contribution < 1.29 is 9.84 Å². The third kappa shape index (κ3) is 3.87. The monoisotopic (exact) mass is 288 g/mol. The van der Waals surface area contributed by atoms with Crippen LogP contribution in [0.4, 0.5) is 0 Å². The van der Waals surface area contributed by atoms with Crippen molar-refractivity contribution in [2.24, 2.45) is 0 Å². The molecule has 2 aromatic rings. The van der Waals surface area contributed by atoms with E-state index in [0.29, 0.717) is 19.7 Å². The fourth-order valence-corrected chi connectivity index (χ4v) is 2.62. The third-order valence-electron chi connectivity index (χ3n) is 3.70. The Balaban J connectivity index is 1.54. The van der Waals surface area contributed by atoms with Crippen LogP contribution in [-0.2, 0) is 11.3 Å². The molecule has 2 heterocycles. The van der Waals surface area contributed by atoms with Crippen LogP contribution in [0.3, 0.4) is 0 Å². The van der Waals surface area contributed by atoms with Crippen LogP contribution < -0.4 is 0 Å². The van der Waals surface area contributed by atoms with Gasteiger partial charge in [0.15, 0.2) is 0 Å². The van der Waals surface area contributed by atoms with Gasteiger partial charge in [-0.2, -0.15) is 5.10 Å². The SMILES string of the molecule is OC(CN1CCOC(Cn2cncn2)C1)c1ccccc1. The predicted molar refractivity (Wildman–Crippen MR) is 77.6 cm³/mol. The Morgan fingerprint density at radius 3 is 2.95 bits per heavy atom. The van der Waals surface area contributed by atoms with Crippen LogP contribution in [0.1, 0.15) is 11.7 Å². The van der Waals surface area contributed by atoms with Crippen molar-refractivity contribution in [3.8, 4) is 0 Å². The lowest BCUT2D eigenvalue weighted by Gasteiger charge is -2.34. The van der Waals surface area contributed by atoms with Crippen LogP contribution in [0.25, 0.3) is 0 Å². The number of ether oxygens (including phenoxy) is 1. The lowest BCUT2D eigenvalue weighted by Crippen LogP contribution is -2.45.